The zero-order valence-electron chi connectivity index (χ0n) is 14.4. The van der Waals surface area contributed by atoms with Crippen LogP contribution in [0.1, 0.15) is 10.4 Å². The van der Waals surface area contributed by atoms with E-state index in [9.17, 15) is 20.0 Å². The van der Waals surface area contributed by atoms with Gasteiger partial charge in [0.25, 0.3) is 5.69 Å². The Morgan fingerprint density at radius 2 is 1.79 bits per heavy atom. The van der Waals surface area contributed by atoms with Crippen LogP contribution in [0.4, 0.5) is 32.8 Å². The maximum absolute atomic E-state index is 15.4. The van der Waals surface area contributed by atoms with Crippen LogP contribution < -0.4 is 10.6 Å². The largest absolute Gasteiger partial charge is 0.478 e. The summed E-state index contributed by atoms with van der Waals surface area (Å²) in [6.07, 6.45) is 0. The molecule has 3 N–H and O–H groups in total. The molecule has 0 unspecified atom stereocenters. The molecule has 0 heterocycles. The number of anilines is 4. The van der Waals surface area contributed by atoms with Gasteiger partial charge in [-0.2, -0.15) is 0 Å². The maximum atomic E-state index is 15.4. The highest BCUT2D eigenvalue weighted by Crippen LogP contribution is 2.39. The first kappa shape index (κ1) is 20.8. The zero-order chi connectivity index (χ0) is 21.1. The van der Waals surface area contributed by atoms with Gasteiger partial charge in [-0.15, -0.1) is 0 Å². The second-order valence-electron chi connectivity index (χ2n) is 5.81. The number of benzene rings is 3. The SMILES string of the molecule is O=C(O)c1cc([N+](=O)[O-])c(Nc2ccccc2)c(F)c1Nc1ccc(I)cc1Cl. The van der Waals surface area contributed by atoms with Crippen LogP contribution in [0.3, 0.4) is 0 Å². The number of hydrogen-bond donors (Lipinski definition) is 3. The molecule has 0 saturated carbocycles. The molecule has 148 valence electrons. The molecule has 7 nitrogen and oxygen atoms in total. The van der Waals surface area contributed by atoms with Crippen LogP contribution in [0.5, 0.6) is 0 Å². The fraction of sp³-hybridized carbons (Fsp3) is 0. The van der Waals surface area contributed by atoms with Crippen molar-refractivity contribution in [3.05, 3.63) is 84.7 Å². The molecule has 0 aliphatic heterocycles. The first-order chi connectivity index (χ1) is 13.8. The summed E-state index contributed by atoms with van der Waals surface area (Å²) < 4.78 is 16.2. The van der Waals surface area contributed by atoms with Crippen LogP contribution >= 0.6 is 34.2 Å². The minimum atomic E-state index is -1.53. The van der Waals surface area contributed by atoms with E-state index in [-0.39, 0.29) is 10.7 Å². The first-order valence-corrected chi connectivity index (χ1v) is 9.52. The van der Waals surface area contributed by atoms with Gasteiger partial charge in [-0.05, 0) is 52.9 Å². The van der Waals surface area contributed by atoms with Crippen molar-refractivity contribution in [1.82, 2.24) is 0 Å². The average Bonchev–Trinajstić information content (AvgIpc) is 2.67. The molecule has 0 aliphatic carbocycles. The molecule has 0 aromatic heterocycles. The first-order valence-electron chi connectivity index (χ1n) is 8.06. The van der Waals surface area contributed by atoms with E-state index < -0.39 is 39.3 Å². The number of carboxylic acid groups (broad SMARTS) is 1. The van der Waals surface area contributed by atoms with Crippen molar-refractivity contribution in [2.75, 3.05) is 10.6 Å². The number of nitro groups is 1. The van der Waals surface area contributed by atoms with E-state index in [1.54, 1.807) is 48.5 Å². The van der Waals surface area contributed by atoms with Crippen LogP contribution in [0, 0.1) is 19.5 Å². The average molecular weight is 528 g/mol. The Kier molecular flexibility index (Phi) is 6.18. The summed E-state index contributed by atoms with van der Waals surface area (Å²) in [6, 6.07) is 13.9. The summed E-state index contributed by atoms with van der Waals surface area (Å²) >= 11 is 8.19. The van der Waals surface area contributed by atoms with Crippen LogP contribution in [0.15, 0.2) is 54.6 Å². The lowest BCUT2D eigenvalue weighted by atomic mass is 10.1. The standard InChI is InChI=1S/C19H12ClFIN3O4/c20-13-8-10(22)6-7-14(13)24-17-12(19(26)27)9-15(25(28)29)18(16(17)21)23-11-4-2-1-3-5-11/h1-9,23-24H,(H,26,27). The van der Waals surface area contributed by atoms with Gasteiger partial charge in [-0.1, -0.05) is 29.8 Å². The number of carbonyl (C=O) groups is 1. The van der Waals surface area contributed by atoms with Gasteiger partial charge in [0.15, 0.2) is 11.5 Å². The summed E-state index contributed by atoms with van der Waals surface area (Å²) in [6.45, 7) is 0. The van der Waals surface area contributed by atoms with E-state index in [1.807, 2.05) is 22.6 Å². The molecule has 0 bridgehead atoms. The Labute approximate surface area is 182 Å². The number of rotatable bonds is 6. The molecule has 0 spiro atoms. The minimum absolute atomic E-state index is 0.239. The molecule has 3 aromatic rings. The second kappa shape index (κ2) is 8.62. The van der Waals surface area contributed by atoms with Crippen molar-refractivity contribution in [2.24, 2.45) is 0 Å². The third kappa shape index (κ3) is 4.57. The number of carboxylic acids is 1. The van der Waals surface area contributed by atoms with Crippen LogP contribution in [-0.4, -0.2) is 16.0 Å². The molecule has 0 saturated heterocycles. The normalized spacial score (nSPS) is 10.4. The Balaban J connectivity index is 2.19. The van der Waals surface area contributed by atoms with E-state index in [1.165, 1.54) is 0 Å². The van der Waals surface area contributed by atoms with Crippen LogP contribution in [0.2, 0.25) is 5.02 Å². The number of nitrogens with zero attached hydrogens (tertiary/aromatic N) is 1. The molecular formula is C19H12ClFIN3O4. The maximum Gasteiger partial charge on any atom is 0.338 e. The summed E-state index contributed by atoms with van der Waals surface area (Å²) in [5.41, 5.74) is -1.55. The monoisotopic (exact) mass is 527 g/mol. The molecule has 3 rings (SSSR count). The van der Waals surface area contributed by atoms with Crippen molar-refractivity contribution >= 4 is 68.6 Å². The van der Waals surface area contributed by atoms with Gasteiger partial charge in [0, 0.05) is 15.3 Å². The smallest absolute Gasteiger partial charge is 0.338 e. The molecule has 0 amide bonds. The quantitative estimate of drug-likeness (QED) is 0.201. The van der Waals surface area contributed by atoms with Crippen molar-refractivity contribution in [2.45, 2.75) is 0 Å². The lowest BCUT2D eigenvalue weighted by Crippen LogP contribution is -2.10. The van der Waals surface area contributed by atoms with Gasteiger partial charge >= 0.3 is 5.97 Å². The molecule has 3 aromatic carbocycles. The number of hydrogen-bond acceptors (Lipinski definition) is 5. The lowest BCUT2D eigenvalue weighted by Gasteiger charge is -2.16. The number of nitro benzene ring substituents is 1. The molecule has 0 aliphatic rings. The van der Waals surface area contributed by atoms with Crippen molar-refractivity contribution in [3.8, 4) is 0 Å². The van der Waals surface area contributed by atoms with Crippen molar-refractivity contribution < 1.29 is 19.2 Å². The highest BCUT2D eigenvalue weighted by atomic mass is 127. The van der Waals surface area contributed by atoms with E-state index in [2.05, 4.69) is 10.6 Å². The van der Waals surface area contributed by atoms with Crippen molar-refractivity contribution in [1.29, 1.82) is 0 Å². The van der Waals surface area contributed by atoms with Gasteiger partial charge < -0.3 is 15.7 Å². The highest BCUT2D eigenvalue weighted by Gasteiger charge is 2.28. The van der Waals surface area contributed by atoms with E-state index in [4.69, 9.17) is 11.6 Å². The van der Waals surface area contributed by atoms with Crippen LogP contribution in [-0.2, 0) is 0 Å². The Morgan fingerprint density at radius 3 is 2.38 bits per heavy atom. The number of para-hydroxylation sites is 1. The molecule has 0 radical (unpaired) electrons. The zero-order valence-corrected chi connectivity index (χ0v) is 17.4. The van der Waals surface area contributed by atoms with Gasteiger partial charge in [0.05, 0.1) is 26.9 Å². The summed E-state index contributed by atoms with van der Waals surface area (Å²) in [4.78, 5) is 22.3. The van der Waals surface area contributed by atoms with Gasteiger partial charge in [-0.3, -0.25) is 10.1 Å². The Bertz CT molecular complexity index is 1110. The predicted molar refractivity (Wildman–Crippen MR) is 117 cm³/mol. The van der Waals surface area contributed by atoms with E-state index >= 15 is 4.39 Å². The van der Waals surface area contributed by atoms with Gasteiger partial charge in [0.2, 0.25) is 0 Å². The Morgan fingerprint density at radius 1 is 1.10 bits per heavy atom. The highest BCUT2D eigenvalue weighted by molar-refractivity contribution is 14.1. The third-order valence-corrected chi connectivity index (χ3v) is 4.89. The lowest BCUT2D eigenvalue weighted by molar-refractivity contribution is -0.384. The molecule has 10 heteroatoms. The third-order valence-electron chi connectivity index (χ3n) is 3.91. The van der Waals surface area contributed by atoms with Crippen LogP contribution in [0.25, 0.3) is 0 Å². The minimum Gasteiger partial charge on any atom is -0.478 e. The molecule has 0 atom stereocenters. The van der Waals surface area contributed by atoms with Gasteiger partial charge in [0.1, 0.15) is 0 Å². The molecule has 29 heavy (non-hydrogen) atoms. The van der Waals surface area contributed by atoms with E-state index in [0.717, 1.165) is 9.64 Å². The van der Waals surface area contributed by atoms with E-state index in [0.29, 0.717) is 5.69 Å². The predicted octanol–water partition coefficient (Wildman–Crippen LogP) is 6.18. The summed E-state index contributed by atoms with van der Waals surface area (Å²) in [7, 11) is 0. The Hall–Kier alpha value is -2.92. The molecule has 0 fully saturated rings. The fourth-order valence-electron chi connectivity index (χ4n) is 2.58. The second-order valence-corrected chi connectivity index (χ2v) is 7.46. The fourth-order valence-corrected chi connectivity index (χ4v) is 3.48. The number of aromatic carboxylic acids is 1. The topological polar surface area (TPSA) is 104 Å². The van der Waals surface area contributed by atoms with Crippen molar-refractivity contribution in [3.63, 3.8) is 0 Å². The molecular weight excluding hydrogens is 516 g/mol. The number of halogens is 3. The number of nitrogens with one attached hydrogen (secondary N) is 2. The summed E-state index contributed by atoms with van der Waals surface area (Å²) in [5, 5.41) is 26.5. The van der Waals surface area contributed by atoms with Gasteiger partial charge in [-0.25, -0.2) is 9.18 Å². The summed E-state index contributed by atoms with van der Waals surface area (Å²) in [5.74, 6) is -2.64.